The van der Waals surface area contributed by atoms with Crippen LogP contribution < -0.4 is 9.47 Å². The molecule has 0 radical (unpaired) electrons. The zero-order valence-electron chi connectivity index (χ0n) is 13.0. The molecule has 0 aliphatic heterocycles. The van der Waals surface area contributed by atoms with Gasteiger partial charge in [-0.3, -0.25) is 4.79 Å². The van der Waals surface area contributed by atoms with Crippen LogP contribution in [0.3, 0.4) is 0 Å². The molecular weight excluding hydrogens is 283 g/mol. The van der Waals surface area contributed by atoms with Crippen molar-refractivity contribution in [3.8, 4) is 11.5 Å². The van der Waals surface area contributed by atoms with Gasteiger partial charge in [0, 0.05) is 18.1 Å². The minimum Gasteiger partial charge on any atom is -0.488 e. The van der Waals surface area contributed by atoms with E-state index in [1.807, 2.05) is 19.1 Å². The van der Waals surface area contributed by atoms with E-state index in [0.717, 1.165) is 11.1 Å². The minimum absolute atomic E-state index is 0.205. The summed E-state index contributed by atoms with van der Waals surface area (Å²) in [6, 6.07) is 10.3. The van der Waals surface area contributed by atoms with Gasteiger partial charge in [-0.1, -0.05) is 25.1 Å². The van der Waals surface area contributed by atoms with Gasteiger partial charge in [0.05, 0.1) is 0 Å². The molecule has 0 saturated heterocycles. The molecule has 2 aromatic carbocycles. The lowest BCUT2D eigenvalue weighted by molar-refractivity contribution is -0.134. The molecule has 0 bridgehead atoms. The molecule has 0 unspecified atom stereocenters. The highest BCUT2D eigenvalue weighted by atomic mass is 19.1. The second-order valence-electron chi connectivity index (χ2n) is 5.09. The number of rotatable bonds is 5. The van der Waals surface area contributed by atoms with E-state index in [-0.39, 0.29) is 18.4 Å². The van der Waals surface area contributed by atoms with Gasteiger partial charge in [0.15, 0.2) is 0 Å². The Morgan fingerprint density at radius 3 is 2.55 bits per heavy atom. The number of hydrogen-bond donors (Lipinski definition) is 0. The summed E-state index contributed by atoms with van der Waals surface area (Å²) < 4.78 is 24.6. The van der Waals surface area contributed by atoms with E-state index in [1.54, 1.807) is 32.0 Å². The molecule has 0 aliphatic carbocycles. The van der Waals surface area contributed by atoms with Crippen LogP contribution >= 0.6 is 0 Å². The van der Waals surface area contributed by atoms with Gasteiger partial charge in [0.25, 0.3) is 0 Å². The lowest BCUT2D eigenvalue weighted by Gasteiger charge is -2.13. The number of aryl methyl sites for hydroxylation is 2. The van der Waals surface area contributed by atoms with Gasteiger partial charge >= 0.3 is 5.97 Å². The largest absolute Gasteiger partial charge is 0.488 e. The fourth-order valence-electron chi connectivity index (χ4n) is 2.04. The maximum Gasteiger partial charge on any atom is 0.310 e. The van der Waals surface area contributed by atoms with Gasteiger partial charge in [-0.2, -0.15) is 0 Å². The van der Waals surface area contributed by atoms with Gasteiger partial charge in [-0.05, 0) is 37.1 Å². The number of benzene rings is 2. The molecule has 2 aromatic rings. The van der Waals surface area contributed by atoms with Crippen molar-refractivity contribution in [2.75, 3.05) is 0 Å². The number of halogens is 1. The van der Waals surface area contributed by atoms with E-state index in [2.05, 4.69) is 0 Å². The van der Waals surface area contributed by atoms with Crippen molar-refractivity contribution < 1.29 is 18.7 Å². The first-order chi connectivity index (χ1) is 10.5. The van der Waals surface area contributed by atoms with Crippen LogP contribution in [0.15, 0.2) is 36.4 Å². The molecular formula is C18H19FO3. The Bertz CT molecular complexity index is 680. The van der Waals surface area contributed by atoms with Crippen molar-refractivity contribution in [1.29, 1.82) is 0 Å². The highest BCUT2D eigenvalue weighted by Crippen LogP contribution is 2.25. The Morgan fingerprint density at radius 1 is 1.09 bits per heavy atom. The Labute approximate surface area is 129 Å². The molecule has 22 heavy (non-hydrogen) atoms. The molecule has 0 fully saturated rings. The number of ether oxygens (including phenoxy) is 2. The lowest BCUT2D eigenvalue weighted by Crippen LogP contribution is -2.08. The second-order valence-corrected chi connectivity index (χ2v) is 5.09. The third-order valence-electron chi connectivity index (χ3n) is 3.32. The van der Waals surface area contributed by atoms with Gasteiger partial charge < -0.3 is 9.47 Å². The maximum absolute atomic E-state index is 13.6. The first-order valence-electron chi connectivity index (χ1n) is 7.19. The summed E-state index contributed by atoms with van der Waals surface area (Å²) in [5, 5.41) is 0. The molecule has 0 spiro atoms. The quantitative estimate of drug-likeness (QED) is 0.609. The summed E-state index contributed by atoms with van der Waals surface area (Å²) >= 11 is 0. The SMILES string of the molecule is CCC(=O)Oc1ccccc1COc1cc(F)c(C)cc1C. The van der Waals surface area contributed by atoms with Gasteiger partial charge in [-0.15, -0.1) is 0 Å². The zero-order chi connectivity index (χ0) is 16.1. The van der Waals surface area contributed by atoms with Crippen LogP contribution in [0.5, 0.6) is 11.5 Å². The van der Waals surface area contributed by atoms with E-state index in [1.165, 1.54) is 6.07 Å². The molecule has 0 amide bonds. The lowest BCUT2D eigenvalue weighted by atomic mass is 10.1. The van der Waals surface area contributed by atoms with Crippen molar-refractivity contribution in [2.24, 2.45) is 0 Å². The molecule has 0 saturated carbocycles. The summed E-state index contributed by atoms with van der Waals surface area (Å²) in [6.45, 7) is 5.52. The highest BCUT2D eigenvalue weighted by molar-refractivity contribution is 5.72. The van der Waals surface area contributed by atoms with Gasteiger partial charge in [0.2, 0.25) is 0 Å². The predicted octanol–water partition coefficient (Wildman–Crippen LogP) is 4.34. The third-order valence-corrected chi connectivity index (χ3v) is 3.32. The number of esters is 1. The summed E-state index contributed by atoms with van der Waals surface area (Å²) in [4.78, 5) is 11.4. The van der Waals surface area contributed by atoms with Crippen LogP contribution in [-0.4, -0.2) is 5.97 Å². The fourth-order valence-corrected chi connectivity index (χ4v) is 2.04. The number of carbonyl (C=O) groups excluding carboxylic acids is 1. The fraction of sp³-hybridized carbons (Fsp3) is 0.278. The van der Waals surface area contributed by atoms with Crippen molar-refractivity contribution in [3.05, 3.63) is 58.9 Å². The average molecular weight is 302 g/mol. The summed E-state index contributed by atoms with van der Waals surface area (Å²) in [6.07, 6.45) is 0.303. The summed E-state index contributed by atoms with van der Waals surface area (Å²) in [7, 11) is 0. The smallest absolute Gasteiger partial charge is 0.310 e. The molecule has 4 heteroatoms. The van der Waals surface area contributed by atoms with E-state index >= 15 is 0 Å². The Morgan fingerprint density at radius 2 is 1.82 bits per heavy atom. The molecule has 0 aliphatic rings. The van der Waals surface area contributed by atoms with Crippen LogP contribution in [0.4, 0.5) is 4.39 Å². The average Bonchev–Trinajstić information content (AvgIpc) is 2.50. The molecule has 2 rings (SSSR count). The van der Waals surface area contributed by atoms with E-state index < -0.39 is 0 Å². The predicted molar refractivity (Wildman–Crippen MR) is 82.6 cm³/mol. The standard InChI is InChI=1S/C18H19FO3/c1-4-18(20)22-16-8-6-5-7-14(16)11-21-17-10-15(19)12(2)9-13(17)3/h5-10H,4,11H2,1-3H3. The molecule has 3 nitrogen and oxygen atoms in total. The van der Waals surface area contributed by atoms with Crippen LogP contribution in [0.2, 0.25) is 0 Å². The molecule has 0 atom stereocenters. The van der Waals surface area contributed by atoms with Crippen molar-refractivity contribution in [1.82, 2.24) is 0 Å². The first-order valence-corrected chi connectivity index (χ1v) is 7.19. The van der Waals surface area contributed by atoms with E-state index in [0.29, 0.717) is 23.5 Å². The van der Waals surface area contributed by atoms with Crippen molar-refractivity contribution >= 4 is 5.97 Å². The van der Waals surface area contributed by atoms with Crippen LogP contribution in [0, 0.1) is 19.7 Å². The Balaban J connectivity index is 2.15. The Kier molecular flexibility index (Phi) is 5.15. The zero-order valence-corrected chi connectivity index (χ0v) is 13.0. The number of hydrogen-bond acceptors (Lipinski definition) is 3. The minimum atomic E-state index is -0.301. The maximum atomic E-state index is 13.6. The topological polar surface area (TPSA) is 35.5 Å². The normalized spacial score (nSPS) is 10.4. The second kappa shape index (κ2) is 7.07. The molecule has 0 N–H and O–H groups in total. The first kappa shape index (κ1) is 16.0. The van der Waals surface area contributed by atoms with Crippen LogP contribution in [-0.2, 0) is 11.4 Å². The Hall–Kier alpha value is -2.36. The van der Waals surface area contributed by atoms with Crippen LogP contribution in [0.1, 0.15) is 30.0 Å². The van der Waals surface area contributed by atoms with E-state index in [4.69, 9.17) is 9.47 Å². The molecule has 0 heterocycles. The number of carbonyl (C=O) groups is 1. The van der Waals surface area contributed by atoms with Crippen LogP contribution in [0.25, 0.3) is 0 Å². The third kappa shape index (κ3) is 3.85. The van der Waals surface area contributed by atoms with Gasteiger partial charge in [-0.25, -0.2) is 4.39 Å². The van der Waals surface area contributed by atoms with Crippen molar-refractivity contribution in [3.63, 3.8) is 0 Å². The number of para-hydroxylation sites is 1. The highest BCUT2D eigenvalue weighted by Gasteiger charge is 2.10. The van der Waals surface area contributed by atoms with E-state index in [9.17, 15) is 9.18 Å². The molecule has 116 valence electrons. The summed E-state index contributed by atoms with van der Waals surface area (Å²) in [5.41, 5.74) is 2.19. The monoisotopic (exact) mass is 302 g/mol. The molecule has 0 aromatic heterocycles. The van der Waals surface area contributed by atoms with Gasteiger partial charge in [0.1, 0.15) is 23.9 Å². The van der Waals surface area contributed by atoms with Crippen molar-refractivity contribution in [2.45, 2.75) is 33.8 Å². The summed E-state index contributed by atoms with van der Waals surface area (Å²) in [5.74, 6) is 0.357.